The number of allylic oxidation sites excluding steroid dienone is 1. The van der Waals surface area contributed by atoms with Crippen LogP contribution in [0.3, 0.4) is 0 Å². The number of rotatable bonds is 3. The summed E-state index contributed by atoms with van der Waals surface area (Å²) in [6.07, 6.45) is 0. The quantitative estimate of drug-likeness (QED) is 0.616. The van der Waals surface area contributed by atoms with Crippen LogP contribution in [0.1, 0.15) is 17.0 Å². The van der Waals surface area contributed by atoms with Gasteiger partial charge in [-0.25, -0.2) is 0 Å². The van der Waals surface area contributed by atoms with Crippen LogP contribution in [-0.4, -0.2) is 22.4 Å². The molecular formula is C18H13ClN4O3S. The predicted molar refractivity (Wildman–Crippen MR) is 101 cm³/mol. The van der Waals surface area contributed by atoms with Crippen molar-refractivity contribution in [3.63, 3.8) is 0 Å². The summed E-state index contributed by atoms with van der Waals surface area (Å²) in [4.78, 5) is 0.853. The lowest BCUT2D eigenvalue weighted by atomic mass is 9.83. The van der Waals surface area contributed by atoms with Gasteiger partial charge >= 0.3 is 0 Å². The van der Waals surface area contributed by atoms with Gasteiger partial charge in [0.25, 0.3) is 0 Å². The normalized spacial score (nSPS) is 15.8. The van der Waals surface area contributed by atoms with Gasteiger partial charge in [-0.1, -0.05) is 17.7 Å². The molecule has 0 amide bonds. The number of phenolic OH excluding ortho intramolecular Hbond substituents is 1. The molecule has 1 aromatic carbocycles. The lowest BCUT2D eigenvalue weighted by molar-refractivity contribution is 0.371. The summed E-state index contributed by atoms with van der Waals surface area (Å²) in [6.45, 7) is 0. The highest BCUT2D eigenvalue weighted by Gasteiger charge is 2.36. The molecule has 27 heavy (non-hydrogen) atoms. The summed E-state index contributed by atoms with van der Waals surface area (Å²) in [5.41, 5.74) is 8.29. The van der Waals surface area contributed by atoms with Crippen molar-refractivity contribution in [2.45, 2.75) is 5.92 Å². The average Bonchev–Trinajstić information content (AvgIpc) is 3.27. The molecule has 0 unspecified atom stereocenters. The summed E-state index contributed by atoms with van der Waals surface area (Å²) >= 11 is 7.46. The Kier molecular flexibility index (Phi) is 4.18. The van der Waals surface area contributed by atoms with Crippen molar-refractivity contribution in [2.24, 2.45) is 5.73 Å². The molecule has 0 fully saturated rings. The van der Waals surface area contributed by atoms with E-state index in [-0.39, 0.29) is 17.2 Å². The van der Waals surface area contributed by atoms with E-state index in [4.69, 9.17) is 26.8 Å². The van der Waals surface area contributed by atoms with Crippen LogP contribution in [0.25, 0.3) is 10.6 Å². The minimum atomic E-state index is -0.539. The second-order valence-corrected chi connectivity index (χ2v) is 7.49. The molecule has 0 saturated carbocycles. The maximum atomic E-state index is 9.92. The van der Waals surface area contributed by atoms with Crippen LogP contribution in [0, 0.1) is 11.3 Å². The number of hydrogen-bond donors (Lipinski definition) is 3. The fourth-order valence-corrected chi connectivity index (χ4v) is 4.14. The number of aromatic amines is 1. The van der Waals surface area contributed by atoms with Gasteiger partial charge in [-0.3, -0.25) is 5.10 Å². The first-order chi connectivity index (χ1) is 13.0. The zero-order valence-corrected chi connectivity index (χ0v) is 15.6. The van der Waals surface area contributed by atoms with E-state index in [0.717, 1.165) is 4.88 Å². The van der Waals surface area contributed by atoms with Gasteiger partial charge in [-0.2, -0.15) is 5.26 Å². The van der Waals surface area contributed by atoms with E-state index >= 15 is 0 Å². The third kappa shape index (κ3) is 2.77. The lowest BCUT2D eigenvalue weighted by Crippen LogP contribution is -2.21. The van der Waals surface area contributed by atoms with Crippen LogP contribution in [0.5, 0.6) is 17.4 Å². The molecule has 0 saturated heterocycles. The Bertz CT molecular complexity index is 1110. The van der Waals surface area contributed by atoms with Gasteiger partial charge in [0.2, 0.25) is 11.8 Å². The summed E-state index contributed by atoms with van der Waals surface area (Å²) in [5, 5.41) is 26.8. The fraction of sp³-hybridized carbons (Fsp3) is 0.111. The molecule has 3 aromatic rings. The fourth-order valence-electron chi connectivity index (χ4n) is 3.09. The SMILES string of the molecule is COc1cc([C@H]2C(C#N)=C(N)Oc3n[nH]c(-c4ccc(Cl)s4)c32)ccc1O. The maximum Gasteiger partial charge on any atom is 0.244 e. The van der Waals surface area contributed by atoms with Gasteiger partial charge in [-0.05, 0) is 29.8 Å². The monoisotopic (exact) mass is 400 g/mol. The molecule has 0 aliphatic carbocycles. The number of halogens is 1. The van der Waals surface area contributed by atoms with E-state index in [2.05, 4.69) is 16.3 Å². The average molecular weight is 401 g/mol. The molecular weight excluding hydrogens is 388 g/mol. The van der Waals surface area contributed by atoms with Crippen LogP contribution in [0.2, 0.25) is 4.34 Å². The second-order valence-electron chi connectivity index (χ2n) is 5.78. The number of thiophene rings is 1. The number of nitrogens with one attached hydrogen (secondary N) is 1. The number of aromatic nitrogens is 2. The topological polar surface area (TPSA) is 117 Å². The zero-order valence-electron chi connectivity index (χ0n) is 14.0. The Morgan fingerprint density at radius 1 is 1.41 bits per heavy atom. The Morgan fingerprint density at radius 2 is 2.22 bits per heavy atom. The molecule has 1 aliphatic heterocycles. The highest BCUT2D eigenvalue weighted by molar-refractivity contribution is 7.19. The number of aromatic hydroxyl groups is 1. The van der Waals surface area contributed by atoms with E-state index in [1.54, 1.807) is 18.2 Å². The number of fused-ring (bicyclic) bond motifs is 1. The van der Waals surface area contributed by atoms with E-state index < -0.39 is 5.92 Å². The first-order valence-corrected chi connectivity index (χ1v) is 9.01. The summed E-state index contributed by atoms with van der Waals surface area (Å²) in [5.74, 6) is 0.0392. The first kappa shape index (κ1) is 17.3. The number of methoxy groups -OCH3 is 1. The predicted octanol–water partition coefficient (Wildman–Crippen LogP) is 3.72. The Balaban J connectivity index is 1.95. The van der Waals surface area contributed by atoms with Gasteiger partial charge in [0.1, 0.15) is 11.6 Å². The molecule has 4 N–H and O–H groups in total. The van der Waals surface area contributed by atoms with Gasteiger partial charge in [0.05, 0.1) is 33.5 Å². The van der Waals surface area contributed by atoms with Gasteiger partial charge in [0.15, 0.2) is 11.5 Å². The molecule has 7 nitrogen and oxygen atoms in total. The standard InChI is InChI=1S/C18H13ClN4O3S/c1-25-11-6-8(2-3-10(11)24)14-9(7-20)17(21)26-18-15(14)16(22-23-18)12-4-5-13(19)27-12/h2-6,14,24H,21H2,1H3,(H,22,23)/t14-/m0/s1. The number of hydrogen-bond acceptors (Lipinski definition) is 7. The molecule has 4 rings (SSSR count). The molecule has 1 atom stereocenters. The van der Waals surface area contributed by atoms with Crippen molar-refractivity contribution < 1.29 is 14.6 Å². The molecule has 9 heteroatoms. The van der Waals surface area contributed by atoms with Gasteiger partial charge in [-0.15, -0.1) is 16.4 Å². The smallest absolute Gasteiger partial charge is 0.244 e. The van der Waals surface area contributed by atoms with E-state index in [0.29, 0.717) is 32.8 Å². The second kappa shape index (κ2) is 6.54. The first-order valence-electron chi connectivity index (χ1n) is 7.82. The molecule has 2 aromatic heterocycles. The third-order valence-electron chi connectivity index (χ3n) is 4.30. The number of benzene rings is 1. The molecule has 136 valence electrons. The number of phenols is 1. The van der Waals surface area contributed by atoms with Crippen LogP contribution in [-0.2, 0) is 0 Å². The van der Waals surface area contributed by atoms with E-state index in [1.165, 1.54) is 24.5 Å². The van der Waals surface area contributed by atoms with Crippen molar-refractivity contribution in [1.29, 1.82) is 5.26 Å². The largest absolute Gasteiger partial charge is 0.504 e. The zero-order chi connectivity index (χ0) is 19.1. The molecule has 0 spiro atoms. The van der Waals surface area contributed by atoms with Crippen LogP contribution < -0.4 is 15.2 Å². The van der Waals surface area contributed by atoms with E-state index in [1.807, 2.05) is 6.07 Å². The highest BCUT2D eigenvalue weighted by atomic mass is 35.5. The molecule has 0 radical (unpaired) electrons. The molecule has 1 aliphatic rings. The van der Waals surface area contributed by atoms with Gasteiger partial charge in [0, 0.05) is 0 Å². The van der Waals surface area contributed by atoms with E-state index in [9.17, 15) is 10.4 Å². The number of ether oxygens (including phenoxy) is 2. The molecule has 3 heterocycles. The summed E-state index contributed by atoms with van der Waals surface area (Å²) < 4.78 is 11.4. The highest BCUT2D eigenvalue weighted by Crippen LogP contribution is 2.48. The van der Waals surface area contributed by atoms with Crippen molar-refractivity contribution in [2.75, 3.05) is 7.11 Å². The van der Waals surface area contributed by atoms with Crippen molar-refractivity contribution in [3.8, 4) is 34.0 Å². The van der Waals surface area contributed by atoms with Crippen LogP contribution in [0.15, 0.2) is 41.8 Å². The Labute approximate surface area is 163 Å². The van der Waals surface area contributed by atoms with Crippen molar-refractivity contribution >= 4 is 22.9 Å². The number of nitriles is 1. The van der Waals surface area contributed by atoms with Crippen LogP contribution >= 0.6 is 22.9 Å². The number of nitrogens with zero attached hydrogens (tertiary/aromatic N) is 2. The lowest BCUT2D eigenvalue weighted by Gasteiger charge is -2.24. The van der Waals surface area contributed by atoms with Crippen molar-refractivity contribution in [1.82, 2.24) is 10.2 Å². The third-order valence-corrected chi connectivity index (χ3v) is 5.54. The van der Waals surface area contributed by atoms with Crippen molar-refractivity contribution in [3.05, 3.63) is 57.3 Å². The van der Waals surface area contributed by atoms with Crippen LogP contribution in [0.4, 0.5) is 0 Å². The Hall–Kier alpha value is -3.15. The minimum Gasteiger partial charge on any atom is -0.504 e. The van der Waals surface area contributed by atoms with Gasteiger partial charge < -0.3 is 20.3 Å². The number of nitrogens with two attached hydrogens (primary N) is 1. The Morgan fingerprint density at radius 3 is 2.89 bits per heavy atom. The maximum absolute atomic E-state index is 9.92. The summed E-state index contributed by atoms with van der Waals surface area (Å²) in [7, 11) is 1.46. The minimum absolute atomic E-state index is 0.00134. The summed E-state index contributed by atoms with van der Waals surface area (Å²) in [6, 6.07) is 10.7. The molecule has 0 bridgehead atoms. The number of H-pyrrole nitrogens is 1.